The maximum Gasteiger partial charge on any atom is 0.243 e. The predicted molar refractivity (Wildman–Crippen MR) is 65.9 cm³/mol. The topological polar surface area (TPSA) is 105 Å². The number of aromatic amines is 1. The number of sulfonamides is 1. The van der Waals surface area contributed by atoms with Gasteiger partial charge in [0.2, 0.25) is 10.0 Å². The normalized spacial score (nSPS) is 11.9. The van der Waals surface area contributed by atoms with Gasteiger partial charge in [0, 0.05) is 37.6 Å². The first-order valence-corrected chi connectivity index (χ1v) is 6.59. The number of nitrogens with zero attached hydrogens (tertiary/aromatic N) is 3. The number of H-pyrrole nitrogens is 1. The van der Waals surface area contributed by atoms with Crippen LogP contribution < -0.4 is 5.73 Å². The van der Waals surface area contributed by atoms with Crippen molar-refractivity contribution < 1.29 is 8.42 Å². The Kier molecular flexibility index (Phi) is 3.30. The largest absolute Gasteiger partial charge is 0.384 e. The maximum atomic E-state index is 12.2. The van der Waals surface area contributed by atoms with Crippen LogP contribution in [0.2, 0.25) is 0 Å². The zero-order valence-corrected chi connectivity index (χ0v) is 10.6. The number of anilines is 1. The molecule has 0 aliphatic rings. The van der Waals surface area contributed by atoms with Crippen molar-refractivity contribution in [2.45, 2.75) is 11.4 Å². The highest BCUT2D eigenvalue weighted by atomic mass is 32.2. The van der Waals surface area contributed by atoms with Crippen molar-refractivity contribution in [2.24, 2.45) is 0 Å². The van der Waals surface area contributed by atoms with Crippen LogP contribution in [0.3, 0.4) is 0 Å². The molecule has 0 fully saturated rings. The zero-order valence-electron chi connectivity index (χ0n) is 9.74. The average Bonchev–Trinajstić information content (AvgIpc) is 2.81. The average molecular weight is 267 g/mol. The van der Waals surface area contributed by atoms with Crippen LogP contribution in [0.5, 0.6) is 0 Å². The van der Waals surface area contributed by atoms with Gasteiger partial charge >= 0.3 is 0 Å². The molecule has 7 nitrogen and oxygen atoms in total. The maximum absolute atomic E-state index is 12.2. The predicted octanol–water partition coefficient (Wildman–Crippen LogP) is 0.208. The molecule has 0 unspecified atom stereocenters. The molecule has 96 valence electrons. The Hall–Kier alpha value is -1.93. The van der Waals surface area contributed by atoms with Crippen molar-refractivity contribution in [3.63, 3.8) is 0 Å². The molecule has 2 aromatic rings. The number of aromatic nitrogens is 3. The van der Waals surface area contributed by atoms with Gasteiger partial charge in [-0.15, -0.1) is 0 Å². The number of nitrogen functional groups attached to an aromatic ring is 1. The molecule has 2 rings (SSSR count). The second-order valence-corrected chi connectivity index (χ2v) is 5.83. The van der Waals surface area contributed by atoms with E-state index in [1.165, 1.54) is 29.7 Å². The molecule has 0 spiro atoms. The van der Waals surface area contributed by atoms with Crippen molar-refractivity contribution >= 4 is 15.8 Å². The van der Waals surface area contributed by atoms with Crippen LogP contribution in [0.25, 0.3) is 0 Å². The van der Waals surface area contributed by atoms with Crippen LogP contribution in [0.15, 0.2) is 35.6 Å². The molecular weight excluding hydrogens is 254 g/mol. The Morgan fingerprint density at radius 3 is 2.89 bits per heavy atom. The summed E-state index contributed by atoms with van der Waals surface area (Å²) in [4.78, 5) is 3.89. The van der Waals surface area contributed by atoms with E-state index in [-0.39, 0.29) is 17.3 Å². The monoisotopic (exact) mass is 267 g/mol. The third-order valence-corrected chi connectivity index (χ3v) is 4.22. The van der Waals surface area contributed by atoms with Gasteiger partial charge < -0.3 is 5.73 Å². The highest BCUT2D eigenvalue weighted by molar-refractivity contribution is 7.89. The van der Waals surface area contributed by atoms with Crippen LogP contribution >= 0.6 is 0 Å². The molecule has 0 aromatic carbocycles. The second kappa shape index (κ2) is 4.75. The van der Waals surface area contributed by atoms with E-state index in [1.54, 1.807) is 12.4 Å². The van der Waals surface area contributed by atoms with Gasteiger partial charge in [-0.1, -0.05) is 0 Å². The summed E-state index contributed by atoms with van der Waals surface area (Å²) < 4.78 is 25.7. The molecular formula is C10H13N5O2S. The fourth-order valence-corrected chi connectivity index (χ4v) is 2.66. The minimum Gasteiger partial charge on any atom is -0.384 e. The lowest BCUT2D eigenvalue weighted by atomic mass is 10.4. The molecule has 0 saturated heterocycles. The van der Waals surface area contributed by atoms with Crippen molar-refractivity contribution in [1.29, 1.82) is 0 Å². The van der Waals surface area contributed by atoms with Crippen LogP contribution in [0.1, 0.15) is 5.56 Å². The van der Waals surface area contributed by atoms with E-state index in [2.05, 4.69) is 15.2 Å². The van der Waals surface area contributed by atoms with E-state index in [1.807, 2.05) is 0 Å². The molecule has 0 aliphatic heterocycles. The Bertz CT molecular complexity index is 623. The number of rotatable bonds is 4. The summed E-state index contributed by atoms with van der Waals surface area (Å²) in [6, 6.07) is 2.75. The summed E-state index contributed by atoms with van der Waals surface area (Å²) in [6.07, 6.45) is 4.59. The molecule has 0 bridgehead atoms. The minimum absolute atomic E-state index is 0.126. The first-order valence-electron chi connectivity index (χ1n) is 5.15. The Morgan fingerprint density at radius 1 is 1.50 bits per heavy atom. The van der Waals surface area contributed by atoms with E-state index >= 15 is 0 Å². The van der Waals surface area contributed by atoms with Crippen LogP contribution in [-0.2, 0) is 16.6 Å². The minimum atomic E-state index is -3.57. The van der Waals surface area contributed by atoms with Gasteiger partial charge in [0.15, 0.2) is 0 Å². The lowest BCUT2D eigenvalue weighted by Gasteiger charge is -2.16. The molecule has 2 aromatic heterocycles. The summed E-state index contributed by atoms with van der Waals surface area (Å²) in [5, 5.41) is 6.40. The molecule has 0 aliphatic carbocycles. The number of pyridine rings is 1. The van der Waals surface area contributed by atoms with Crippen LogP contribution in [-0.4, -0.2) is 35.0 Å². The molecule has 0 atom stereocenters. The lowest BCUT2D eigenvalue weighted by molar-refractivity contribution is 0.467. The fraction of sp³-hybridized carbons (Fsp3) is 0.200. The Balaban J connectivity index is 2.25. The van der Waals surface area contributed by atoms with Crippen molar-refractivity contribution in [3.05, 3.63) is 36.3 Å². The van der Waals surface area contributed by atoms with Crippen LogP contribution in [0.4, 0.5) is 5.82 Å². The van der Waals surface area contributed by atoms with Gasteiger partial charge in [-0.05, 0) is 6.07 Å². The summed E-state index contributed by atoms with van der Waals surface area (Å²) in [6.45, 7) is 0.237. The van der Waals surface area contributed by atoms with Gasteiger partial charge in [0.25, 0.3) is 0 Å². The first kappa shape index (κ1) is 12.5. The SMILES string of the molecule is CN(Cc1cn[nH]c1)S(=O)(=O)c1ccnc(N)c1. The highest BCUT2D eigenvalue weighted by Gasteiger charge is 2.21. The summed E-state index contributed by atoms with van der Waals surface area (Å²) in [7, 11) is -2.07. The highest BCUT2D eigenvalue weighted by Crippen LogP contribution is 2.17. The number of nitrogens with two attached hydrogens (primary N) is 1. The molecule has 0 amide bonds. The van der Waals surface area contributed by atoms with E-state index in [0.717, 1.165) is 5.56 Å². The summed E-state index contributed by atoms with van der Waals surface area (Å²) >= 11 is 0. The molecule has 18 heavy (non-hydrogen) atoms. The van der Waals surface area contributed by atoms with Gasteiger partial charge in [-0.25, -0.2) is 13.4 Å². The van der Waals surface area contributed by atoms with E-state index in [4.69, 9.17) is 5.73 Å². The van der Waals surface area contributed by atoms with E-state index in [0.29, 0.717) is 0 Å². The third-order valence-electron chi connectivity index (χ3n) is 2.42. The second-order valence-electron chi connectivity index (χ2n) is 3.78. The fourth-order valence-electron chi connectivity index (χ4n) is 1.47. The van der Waals surface area contributed by atoms with Crippen molar-refractivity contribution in [2.75, 3.05) is 12.8 Å². The van der Waals surface area contributed by atoms with E-state index in [9.17, 15) is 8.42 Å². The number of hydrogen-bond acceptors (Lipinski definition) is 5. The standard InChI is InChI=1S/C10H13N5O2S/c1-15(7-8-5-13-14-6-8)18(16,17)9-2-3-12-10(11)4-9/h2-6H,7H2,1H3,(H2,11,12)(H,13,14). The Morgan fingerprint density at radius 2 is 2.28 bits per heavy atom. The molecule has 8 heteroatoms. The Labute approximate surface area is 105 Å². The smallest absolute Gasteiger partial charge is 0.243 e. The number of hydrogen-bond donors (Lipinski definition) is 2. The van der Waals surface area contributed by atoms with Crippen molar-refractivity contribution in [1.82, 2.24) is 19.5 Å². The first-order chi connectivity index (χ1) is 8.50. The van der Waals surface area contributed by atoms with E-state index < -0.39 is 10.0 Å². The number of nitrogens with one attached hydrogen (secondary N) is 1. The quantitative estimate of drug-likeness (QED) is 0.823. The van der Waals surface area contributed by atoms with Crippen LogP contribution in [0, 0.1) is 0 Å². The summed E-state index contributed by atoms with van der Waals surface area (Å²) in [5.74, 6) is 0.174. The third kappa shape index (κ3) is 2.49. The molecule has 0 saturated carbocycles. The zero-order chi connectivity index (χ0) is 13.2. The van der Waals surface area contributed by atoms with Gasteiger partial charge in [-0.2, -0.15) is 9.40 Å². The van der Waals surface area contributed by atoms with Gasteiger partial charge in [-0.3, -0.25) is 5.10 Å². The molecule has 3 N–H and O–H groups in total. The van der Waals surface area contributed by atoms with Gasteiger partial charge in [0.1, 0.15) is 5.82 Å². The van der Waals surface area contributed by atoms with Crippen molar-refractivity contribution in [3.8, 4) is 0 Å². The molecule has 2 heterocycles. The van der Waals surface area contributed by atoms with Gasteiger partial charge in [0.05, 0.1) is 11.1 Å². The summed E-state index contributed by atoms with van der Waals surface area (Å²) in [5.41, 5.74) is 6.26. The molecule has 0 radical (unpaired) electrons. The lowest BCUT2D eigenvalue weighted by Crippen LogP contribution is -2.26.